The maximum absolute atomic E-state index is 8.92. The van der Waals surface area contributed by atoms with Crippen molar-refractivity contribution < 1.29 is 0 Å². The number of nitrogen functional groups attached to an aromatic ring is 1. The van der Waals surface area contributed by atoms with Crippen LogP contribution >= 0.6 is 0 Å². The molecule has 0 unspecified atom stereocenters. The van der Waals surface area contributed by atoms with Crippen LogP contribution < -0.4 is 11.1 Å². The van der Waals surface area contributed by atoms with Gasteiger partial charge in [-0.3, -0.25) is 0 Å². The summed E-state index contributed by atoms with van der Waals surface area (Å²) in [6.45, 7) is 0.652. The van der Waals surface area contributed by atoms with E-state index in [1.165, 1.54) is 6.20 Å². The van der Waals surface area contributed by atoms with E-state index in [-0.39, 0.29) is 0 Å². The molecule has 0 saturated heterocycles. The standard InChI is InChI=1S/C11H12N6/c12-6-8-5-9(13)7-17-11(8)16-2-1-10-14-3-4-15-10/h3-5,7H,1-2,13H2,(H,14,15)(H,16,17). The molecule has 0 aliphatic carbocycles. The summed E-state index contributed by atoms with van der Waals surface area (Å²) in [5.41, 5.74) is 6.49. The largest absolute Gasteiger partial charge is 0.397 e. The quantitative estimate of drug-likeness (QED) is 0.721. The van der Waals surface area contributed by atoms with Crippen molar-refractivity contribution in [1.29, 1.82) is 5.26 Å². The van der Waals surface area contributed by atoms with E-state index in [9.17, 15) is 0 Å². The predicted molar refractivity (Wildman–Crippen MR) is 64.1 cm³/mol. The molecular formula is C11H12N6. The zero-order valence-corrected chi connectivity index (χ0v) is 9.14. The van der Waals surface area contributed by atoms with Gasteiger partial charge in [-0.05, 0) is 6.07 Å². The first kappa shape index (κ1) is 11.0. The maximum Gasteiger partial charge on any atom is 0.144 e. The number of rotatable bonds is 4. The fourth-order valence-electron chi connectivity index (χ4n) is 1.44. The molecular weight excluding hydrogens is 216 g/mol. The minimum atomic E-state index is 0.449. The van der Waals surface area contributed by atoms with Crippen LogP contribution in [0.3, 0.4) is 0 Å². The van der Waals surface area contributed by atoms with Gasteiger partial charge in [-0.25, -0.2) is 9.97 Å². The summed E-state index contributed by atoms with van der Waals surface area (Å²) >= 11 is 0. The van der Waals surface area contributed by atoms with Crippen LogP contribution in [0.5, 0.6) is 0 Å². The van der Waals surface area contributed by atoms with Gasteiger partial charge in [0.25, 0.3) is 0 Å². The predicted octanol–water partition coefficient (Wildman–Crippen LogP) is 0.913. The molecule has 2 aromatic heterocycles. The number of hydrogen-bond acceptors (Lipinski definition) is 5. The van der Waals surface area contributed by atoms with Gasteiger partial charge in [0, 0.05) is 25.4 Å². The molecule has 0 aliphatic rings. The highest BCUT2D eigenvalue weighted by Gasteiger charge is 2.03. The van der Waals surface area contributed by atoms with E-state index in [0.717, 1.165) is 12.2 Å². The van der Waals surface area contributed by atoms with Gasteiger partial charge < -0.3 is 16.0 Å². The van der Waals surface area contributed by atoms with Gasteiger partial charge in [0.2, 0.25) is 0 Å². The Balaban J connectivity index is 1.97. The van der Waals surface area contributed by atoms with Crippen LogP contribution in [0, 0.1) is 11.3 Å². The molecule has 17 heavy (non-hydrogen) atoms. The lowest BCUT2D eigenvalue weighted by Crippen LogP contribution is -2.09. The lowest BCUT2D eigenvalue weighted by atomic mass is 10.2. The van der Waals surface area contributed by atoms with Crippen LogP contribution in [-0.4, -0.2) is 21.5 Å². The fourth-order valence-corrected chi connectivity index (χ4v) is 1.44. The highest BCUT2D eigenvalue weighted by atomic mass is 15.0. The Bertz CT molecular complexity index is 525. The Morgan fingerprint density at radius 3 is 3.06 bits per heavy atom. The summed E-state index contributed by atoms with van der Waals surface area (Å²) in [4.78, 5) is 11.2. The molecule has 0 aliphatic heterocycles. The van der Waals surface area contributed by atoms with Crippen molar-refractivity contribution >= 4 is 11.5 Å². The zero-order valence-electron chi connectivity index (χ0n) is 9.14. The van der Waals surface area contributed by atoms with Crippen LogP contribution in [0.25, 0.3) is 0 Å². The second-order valence-electron chi connectivity index (χ2n) is 3.49. The number of nitrogens with zero attached hydrogens (tertiary/aromatic N) is 3. The number of nitrogens with two attached hydrogens (primary N) is 1. The summed E-state index contributed by atoms with van der Waals surface area (Å²) in [7, 11) is 0. The van der Waals surface area contributed by atoms with Crippen molar-refractivity contribution in [2.75, 3.05) is 17.6 Å². The van der Waals surface area contributed by atoms with Gasteiger partial charge in [0.1, 0.15) is 17.7 Å². The van der Waals surface area contributed by atoms with Gasteiger partial charge in [-0.1, -0.05) is 0 Å². The molecule has 2 heterocycles. The summed E-state index contributed by atoms with van der Waals surface area (Å²) in [6.07, 6.45) is 5.75. The fraction of sp³-hybridized carbons (Fsp3) is 0.182. The second-order valence-corrected chi connectivity index (χ2v) is 3.49. The maximum atomic E-state index is 8.92. The van der Waals surface area contributed by atoms with Gasteiger partial charge in [0.15, 0.2) is 0 Å². The van der Waals surface area contributed by atoms with Gasteiger partial charge in [0.05, 0.1) is 17.4 Å². The molecule has 0 amide bonds. The highest BCUT2D eigenvalue weighted by Crippen LogP contribution is 2.13. The van der Waals surface area contributed by atoms with Crippen LogP contribution in [-0.2, 0) is 6.42 Å². The summed E-state index contributed by atoms with van der Waals surface area (Å²) in [6, 6.07) is 3.65. The number of aromatic nitrogens is 3. The van der Waals surface area contributed by atoms with Crippen molar-refractivity contribution in [3.8, 4) is 6.07 Å². The van der Waals surface area contributed by atoms with Gasteiger partial charge >= 0.3 is 0 Å². The third-order valence-electron chi connectivity index (χ3n) is 2.24. The molecule has 86 valence electrons. The van der Waals surface area contributed by atoms with E-state index in [1.807, 2.05) is 0 Å². The minimum Gasteiger partial charge on any atom is -0.397 e. The van der Waals surface area contributed by atoms with Crippen LogP contribution in [0.4, 0.5) is 11.5 Å². The molecule has 0 spiro atoms. The van der Waals surface area contributed by atoms with Crippen molar-refractivity contribution in [2.45, 2.75) is 6.42 Å². The SMILES string of the molecule is N#Cc1cc(N)cnc1NCCc1ncc[nH]1. The van der Waals surface area contributed by atoms with E-state index in [2.05, 4.69) is 26.3 Å². The molecule has 0 fully saturated rings. The number of anilines is 2. The van der Waals surface area contributed by atoms with E-state index in [0.29, 0.717) is 23.6 Å². The molecule has 0 atom stereocenters. The van der Waals surface area contributed by atoms with Crippen LogP contribution in [0.15, 0.2) is 24.7 Å². The average Bonchev–Trinajstić information content (AvgIpc) is 2.84. The summed E-state index contributed by atoms with van der Waals surface area (Å²) in [5, 5.41) is 12.0. The van der Waals surface area contributed by atoms with Crippen LogP contribution in [0.2, 0.25) is 0 Å². The first-order valence-electron chi connectivity index (χ1n) is 5.17. The Hall–Kier alpha value is -2.55. The van der Waals surface area contributed by atoms with Crippen molar-refractivity contribution in [3.63, 3.8) is 0 Å². The molecule has 0 radical (unpaired) electrons. The lowest BCUT2D eigenvalue weighted by molar-refractivity contribution is 0.921. The lowest BCUT2D eigenvalue weighted by Gasteiger charge is -2.06. The van der Waals surface area contributed by atoms with Crippen LogP contribution in [0.1, 0.15) is 11.4 Å². The third-order valence-corrected chi connectivity index (χ3v) is 2.24. The molecule has 2 rings (SSSR count). The average molecular weight is 228 g/mol. The summed E-state index contributed by atoms with van der Waals surface area (Å²) < 4.78 is 0. The minimum absolute atomic E-state index is 0.449. The molecule has 6 nitrogen and oxygen atoms in total. The topological polar surface area (TPSA) is 103 Å². The third kappa shape index (κ3) is 2.72. The number of H-pyrrole nitrogens is 1. The number of nitriles is 1. The van der Waals surface area contributed by atoms with Crippen molar-refractivity contribution in [1.82, 2.24) is 15.0 Å². The number of hydrogen-bond donors (Lipinski definition) is 3. The summed E-state index contributed by atoms with van der Waals surface area (Å²) in [5.74, 6) is 1.44. The van der Waals surface area contributed by atoms with E-state index < -0.39 is 0 Å². The monoisotopic (exact) mass is 228 g/mol. The van der Waals surface area contributed by atoms with Gasteiger partial charge in [-0.2, -0.15) is 5.26 Å². The molecule has 0 aromatic carbocycles. The van der Waals surface area contributed by atoms with Crippen molar-refractivity contribution in [3.05, 3.63) is 36.0 Å². The molecule has 2 aromatic rings. The normalized spacial score (nSPS) is 9.82. The molecule has 0 bridgehead atoms. The molecule has 4 N–H and O–H groups in total. The van der Waals surface area contributed by atoms with Crippen molar-refractivity contribution in [2.24, 2.45) is 0 Å². The number of imidazole rings is 1. The number of nitrogens with one attached hydrogen (secondary N) is 2. The Morgan fingerprint density at radius 1 is 1.47 bits per heavy atom. The first-order chi connectivity index (χ1) is 8.29. The highest BCUT2D eigenvalue weighted by molar-refractivity contribution is 5.57. The Labute approximate surface area is 98.5 Å². The molecule has 6 heteroatoms. The molecule has 0 saturated carbocycles. The number of aromatic amines is 1. The smallest absolute Gasteiger partial charge is 0.144 e. The van der Waals surface area contributed by atoms with E-state index in [4.69, 9.17) is 11.0 Å². The van der Waals surface area contributed by atoms with E-state index in [1.54, 1.807) is 18.5 Å². The second kappa shape index (κ2) is 4.99. The Morgan fingerprint density at radius 2 is 2.35 bits per heavy atom. The number of pyridine rings is 1. The van der Waals surface area contributed by atoms with Gasteiger partial charge in [-0.15, -0.1) is 0 Å². The Kier molecular flexibility index (Phi) is 3.21. The first-order valence-corrected chi connectivity index (χ1v) is 5.17. The van der Waals surface area contributed by atoms with E-state index >= 15 is 0 Å². The zero-order chi connectivity index (χ0) is 12.1.